The molecule has 7 heteroatoms. The third-order valence-corrected chi connectivity index (χ3v) is 4.78. The predicted octanol–water partition coefficient (Wildman–Crippen LogP) is 4.05. The number of benzene rings is 2. The zero-order valence-corrected chi connectivity index (χ0v) is 16.5. The van der Waals surface area contributed by atoms with Crippen LogP contribution in [0.2, 0.25) is 0 Å². The molecule has 1 atom stereocenters. The molecule has 29 heavy (non-hydrogen) atoms. The van der Waals surface area contributed by atoms with Gasteiger partial charge in [0.05, 0.1) is 24.8 Å². The van der Waals surface area contributed by atoms with Gasteiger partial charge in [-0.15, -0.1) is 0 Å². The van der Waals surface area contributed by atoms with Gasteiger partial charge in [0.25, 0.3) is 0 Å². The van der Waals surface area contributed by atoms with Gasteiger partial charge < -0.3 is 18.9 Å². The van der Waals surface area contributed by atoms with Gasteiger partial charge in [0.15, 0.2) is 0 Å². The molecule has 0 bridgehead atoms. The maximum Gasteiger partial charge on any atom is 0.232 e. The first-order valence-electron chi connectivity index (χ1n) is 9.78. The summed E-state index contributed by atoms with van der Waals surface area (Å²) in [6, 6.07) is 15.1. The molecular formula is C22H23N3O4. The van der Waals surface area contributed by atoms with Crippen LogP contribution >= 0.6 is 0 Å². The Morgan fingerprint density at radius 1 is 1.10 bits per heavy atom. The Hall–Kier alpha value is -3.35. The van der Waals surface area contributed by atoms with Crippen LogP contribution in [-0.2, 0) is 4.79 Å². The van der Waals surface area contributed by atoms with E-state index in [1.165, 1.54) is 0 Å². The maximum atomic E-state index is 12.7. The fraction of sp³-hybridized carbons (Fsp3) is 0.318. The van der Waals surface area contributed by atoms with Crippen LogP contribution in [0.15, 0.2) is 53.1 Å². The summed E-state index contributed by atoms with van der Waals surface area (Å²) in [5, 5.41) is 4.11. The van der Waals surface area contributed by atoms with E-state index in [0.717, 1.165) is 17.0 Å². The molecule has 1 aliphatic heterocycles. The van der Waals surface area contributed by atoms with E-state index in [1.54, 1.807) is 4.90 Å². The Bertz CT molecular complexity index is 1000. The van der Waals surface area contributed by atoms with E-state index >= 15 is 0 Å². The number of ether oxygens (including phenoxy) is 2. The van der Waals surface area contributed by atoms with E-state index in [-0.39, 0.29) is 11.8 Å². The summed E-state index contributed by atoms with van der Waals surface area (Å²) in [5.41, 5.74) is 1.58. The van der Waals surface area contributed by atoms with Crippen LogP contribution in [0, 0.1) is 0 Å². The Morgan fingerprint density at radius 3 is 2.76 bits per heavy atom. The van der Waals surface area contributed by atoms with Crippen LogP contribution in [0.3, 0.4) is 0 Å². The van der Waals surface area contributed by atoms with Gasteiger partial charge in [0.1, 0.15) is 11.5 Å². The average molecular weight is 393 g/mol. The summed E-state index contributed by atoms with van der Waals surface area (Å²) in [6.45, 7) is 5.46. The van der Waals surface area contributed by atoms with E-state index < -0.39 is 0 Å². The molecule has 1 aliphatic rings. The first-order valence-corrected chi connectivity index (χ1v) is 9.78. The minimum absolute atomic E-state index is 0.0141. The van der Waals surface area contributed by atoms with E-state index in [4.69, 9.17) is 14.0 Å². The van der Waals surface area contributed by atoms with E-state index in [2.05, 4.69) is 10.1 Å². The SMILES string of the molecule is CCOc1cccc(-c2noc(C3CC(=O)N(c4ccccc4OCC)C3)n2)c1. The third-order valence-electron chi connectivity index (χ3n) is 4.78. The summed E-state index contributed by atoms with van der Waals surface area (Å²) in [7, 11) is 0. The number of hydrogen-bond acceptors (Lipinski definition) is 6. The summed E-state index contributed by atoms with van der Waals surface area (Å²) in [6.07, 6.45) is 0.321. The number of nitrogens with zero attached hydrogens (tertiary/aromatic N) is 3. The van der Waals surface area contributed by atoms with Crippen molar-refractivity contribution in [2.75, 3.05) is 24.7 Å². The highest BCUT2D eigenvalue weighted by atomic mass is 16.5. The summed E-state index contributed by atoms with van der Waals surface area (Å²) in [4.78, 5) is 18.9. The molecule has 0 aliphatic carbocycles. The topological polar surface area (TPSA) is 77.7 Å². The first kappa shape index (κ1) is 19.0. The fourth-order valence-corrected chi connectivity index (χ4v) is 3.47. The van der Waals surface area contributed by atoms with Crippen molar-refractivity contribution in [3.63, 3.8) is 0 Å². The molecule has 4 rings (SSSR count). The van der Waals surface area contributed by atoms with E-state index in [9.17, 15) is 4.79 Å². The maximum absolute atomic E-state index is 12.7. The van der Waals surface area contributed by atoms with Gasteiger partial charge in [-0.2, -0.15) is 4.98 Å². The normalized spacial score (nSPS) is 16.3. The molecule has 1 aromatic heterocycles. The second-order valence-electron chi connectivity index (χ2n) is 6.72. The highest BCUT2D eigenvalue weighted by Gasteiger charge is 2.36. The molecule has 150 valence electrons. The molecule has 0 N–H and O–H groups in total. The molecule has 0 radical (unpaired) electrons. The van der Waals surface area contributed by atoms with Crippen molar-refractivity contribution in [3.8, 4) is 22.9 Å². The molecule has 7 nitrogen and oxygen atoms in total. The van der Waals surface area contributed by atoms with Gasteiger partial charge in [-0.05, 0) is 38.1 Å². The number of amides is 1. The van der Waals surface area contributed by atoms with Crippen molar-refractivity contribution in [3.05, 3.63) is 54.4 Å². The van der Waals surface area contributed by atoms with Gasteiger partial charge in [0.2, 0.25) is 17.6 Å². The van der Waals surface area contributed by atoms with Crippen molar-refractivity contribution in [2.45, 2.75) is 26.2 Å². The molecule has 1 saturated heterocycles. The number of aromatic nitrogens is 2. The van der Waals surface area contributed by atoms with Crippen molar-refractivity contribution < 1.29 is 18.8 Å². The van der Waals surface area contributed by atoms with Gasteiger partial charge in [-0.1, -0.05) is 29.4 Å². The van der Waals surface area contributed by atoms with Crippen LogP contribution in [-0.4, -0.2) is 35.8 Å². The molecule has 1 fully saturated rings. The first-order chi connectivity index (χ1) is 14.2. The zero-order valence-electron chi connectivity index (χ0n) is 16.5. The number of hydrogen-bond donors (Lipinski definition) is 0. The smallest absolute Gasteiger partial charge is 0.232 e. The molecule has 3 aromatic rings. The molecule has 2 heterocycles. The molecular weight excluding hydrogens is 370 g/mol. The Morgan fingerprint density at radius 2 is 1.93 bits per heavy atom. The monoisotopic (exact) mass is 393 g/mol. The lowest BCUT2D eigenvalue weighted by molar-refractivity contribution is -0.117. The van der Waals surface area contributed by atoms with Crippen molar-refractivity contribution in [2.24, 2.45) is 0 Å². The number of carbonyl (C=O) groups excluding carboxylic acids is 1. The summed E-state index contributed by atoms with van der Waals surface area (Å²) >= 11 is 0. The fourth-order valence-electron chi connectivity index (χ4n) is 3.47. The highest BCUT2D eigenvalue weighted by molar-refractivity contribution is 5.97. The van der Waals surface area contributed by atoms with Gasteiger partial charge in [0, 0.05) is 18.5 Å². The molecule has 1 unspecified atom stereocenters. The minimum atomic E-state index is -0.159. The number of carbonyl (C=O) groups is 1. The zero-order chi connectivity index (χ0) is 20.2. The lowest BCUT2D eigenvalue weighted by Gasteiger charge is -2.19. The molecule has 1 amide bonds. The van der Waals surface area contributed by atoms with Crippen LogP contribution in [0.5, 0.6) is 11.5 Å². The van der Waals surface area contributed by atoms with Crippen molar-refractivity contribution >= 4 is 11.6 Å². The lowest BCUT2D eigenvalue weighted by Crippen LogP contribution is -2.25. The van der Waals surface area contributed by atoms with Crippen molar-refractivity contribution in [1.29, 1.82) is 0 Å². The summed E-state index contributed by atoms with van der Waals surface area (Å²) in [5.74, 6) is 2.26. The highest BCUT2D eigenvalue weighted by Crippen LogP contribution is 2.36. The summed E-state index contributed by atoms with van der Waals surface area (Å²) < 4.78 is 16.7. The lowest BCUT2D eigenvalue weighted by atomic mass is 10.1. The van der Waals surface area contributed by atoms with Crippen LogP contribution in [0.25, 0.3) is 11.4 Å². The molecule has 0 spiro atoms. The van der Waals surface area contributed by atoms with Gasteiger partial charge >= 0.3 is 0 Å². The van der Waals surface area contributed by atoms with Crippen LogP contribution < -0.4 is 14.4 Å². The van der Waals surface area contributed by atoms with Crippen LogP contribution in [0.1, 0.15) is 32.1 Å². The van der Waals surface area contributed by atoms with E-state index in [1.807, 2.05) is 62.4 Å². The second-order valence-corrected chi connectivity index (χ2v) is 6.72. The number of rotatable bonds is 7. The minimum Gasteiger partial charge on any atom is -0.494 e. The molecule has 2 aromatic carbocycles. The third kappa shape index (κ3) is 3.94. The predicted molar refractivity (Wildman–Crippen MR) is 108 cm³/mol. The second kappa shape index (κ2) is 8.34. The number of anilines is 1. The number of para-hydroxylation sites is 2. The quantitative estimate of drug-likeness (QED) is 0.603. The van der Waals surface area contributed by atoms with Gasteiger partial charge in [-0.3, -0.25) is 4.79 Å². The largest absolute Gasteiger partial charge is 0.494 e. The standard InChI is InChI=1S/C22H23N3O4/c1-3-27-17-9-7-8-15(12-17)21-23-22(29-24-21)16-13-20(26)25(14-16)18-10-5-6-11-19(18)28-4-2/h5-12,16H,3-4,13-14H2,1-2H3. The Labute approximate surface area is 169 Å². The van der Waals surface area contributed by atoms with E-state index in [0.29, 0.717) is 43.6 Å². The van der Waals surface area contributed by atoms with Crippen LogP contribution in [0.4, 0.5) is 5.69 Å². The Balaban J connectivity index is 1.54. The molecule has 0 saturated carbocycles. The average Bonchev–Trinajstić information content (AvgIpc) is 3.36. The Kier molecular flexibility index (Phi) is 5.46. The van der Waals surface area contributed by atoms with Gasteiger partial charge in [-0.25, -0.2) is 0 Å². The van der Waals surface area contributed by atoms with Crippen molar-refractivity contribution in [1.82, 2.24) is 10.1 Å².